The van der Waals surface area contributed by atoms with Crippen LogP contribution in [0.3, 0.4) is 0 Å². The average molecular weight is 301 g/mol. The lowest BCUT2D eigenvalue weighted by atomic mass is 9.64. The molecule has 1 aliphatic carbocycles. The molecule has 3 nitrogen and oxygen atoms in total. The smallest absolute Gasteiger partial charge is 0.261 e. The van der Waals surface area contributed by atoms with Crippen molar-refractivity contribution in [2.75, 3.05) is 13.7 Å². The van der Waals surface area contributed by atoms with Crippen molar-refractivity contribution in [3.05, 3.63) is 52.2 Å². The highest BCUT2D eigenvalue weighted by Crippen LogP contribution is 2.46. The highest BCUT2D eigenvalue weighted by molar-refractivity contribution is 7.12. The number of nitrogens with one attached hydrogen (secondary N) is 1. The summed E-state index contributed by atoms with van der Waals surface area (Å²) in [6.45, 7) is 0.671. The van der Waals surface area contributed by atoms with E-state index in [1.807, 2.05) is 35.7 Å². The summed E-state index contributed by atoms with van der Waals surface area (Å²) >= 11 is 1.47. The first-order chi connectivity index (χ1) is 10.2. The van der Waals surface area contributed by atoms with E-state index in [9.17, 15) is 4.79 Å². The van der Waals surface area contributed by atoms with E-state index in [1.165, 1.54) is 23.3 Å². The Morgan fingerprint density at radius 3 is 2.71 bits per heavy atom. The van der Waals surface area contributed by atoms with E-state index in [4.69, 9.17) is 4.74 Å². The topological polar surface area (TPSA) is 38.3 Å². The lowest BCUT2D eigenvalue weighted by Crippen LogP contribution is -2.45. The third-order valence-electron chi connectivity index (χ3n) is 4.32. The van der Waals surface area contributed by atoms with Crippen LogP contribution in [0.1, 0.15) is 34.5 Å². The maximum Gasteiger partial charge on any atom is 0.261 e. The molecule has 4 heteroatoms. The van der Waals surface area contributed by atoms with Crippen LogP contribution >= 0.6 is 11.3 Å². The largest absolute Gasteiger partial charge is 0.496 e. The first-order valence-electron chi connectivity index (χ1n) is 7.20. The second-order valence-corrected chi connectivity index (χ2v) is 6.44. The minimum atomic E-state index is 0.0196. The monoisotopic (exact) mass is 301 g/mol. The highest BCUT2D eigenvalue weighted by Gasteiger charge is 2.40. The Morgan fingerprint density at radius 1 is 1.29 bits per heavy atom. The van der Waals surface area contributed by atoms with Gasteiger partial charge < -0.3 is 10.1 Å². The molecule has 2 aromatic rings. The fraction of sp³-hybridized carbons (Fsp3) is 0.353. The van der Waals surface area contributed by atoms with Gasteiger partial charge in [0.25, 0.3) is 5.91 Å². The third-order valence-corrected chi connectivity index (χ3v) is 5.19. The molecule has 0 atom stereocenters. The predicted octanol–water partition coefficient (Wildman–Crippen LogP) is 3.61. The number of benzene rings is 1. The van der Waals surface area contributed by atoms with Gasteiger partial charge in [-0.3, -0.25) is 4.79 Å². The molecule has 1 saturated carbocycles. The summed E-state index contributed by atoms with van der Waals surface area (Å²) in [5, 5.41) is 5.02. The van der Waals surface area contributed by atoms with E-state index in [0.29, 0.717) is 6.54 Å². The van der Waals surface area contributed by atoms with E-state index < -0.39 is 0 Å². The first kappa shape index (κ1) is 14.1. The molecule has 1 fully saturated rings. The van der Waals surface area contributed by atoms with E-state index in [2.05, 4.69) is 11.4 Å². The number of carbonyl (C=O) groups excluding carboxylic acids is 1. The summed E-state index contributed by atoms with van der Waals surface area (Å²) in [6.07, 6.45) is 3.39. The normalized spacial score (nSPS) is 16.0. The zero-order valence-corrected chi connectivity index (χ0v) is 12.9. The Labute approximate surface area is 129 Å². The van der Waals surface area contributed by atoms with Gasteiger partial charge in [0.1, 0.15) is 5.75 Å². The van der Waals surface area contributed by atoms with Gasteiger partial charge in [0, 0.05) is 17.5 Å². The van der Waals surface area contributed by atoms with Crippen LogP contribution in [-0.4, -0.2) is 19.6 Å². The van der Waals surface area contributed by atoms with Crippen molar-refractivity contribution in [3.63, 3.8) is 0 Å². The van der Waals surface area contributed by atoms with Gasteiger partial charge in [-0.15, -0.1) is 11.3 Å². The average Bonchev–Trinajstić information content (AvgIpc) is 3.00. The molecule has 21 heavy (non-hydrogen) atoms. The molecule has 0 aliphatic heterocycles. The molecule has 1 aromatic heterocycles. The molecule has 110 valence electrons. The quantitative estimate of drug-likeness (QED) is 0.916. The molecule has 0 bridgehead atoms. The number of rotatable bonds is 5. The minimum Gasteiger partial charge on any atom is -0.496 e. The van der Waals surface area contributed by atoms with Gasteiger partial charge in [-0.2, -0.15) is 0 Å². The molecular weight excluding hydrogens is 282 g/mol. The molecular formula is C17H19NO2S. The van der Waals surface area contributed by atoms with Crippen molar-refractivity contribution in [1.29, 1.82) is 0 Å². The maximum absolute atomic E-state index is 12.1. The van der Waals surface area contributed by atoms with E-state index in [-0.39, 0.29) is 11.3 Å². The molecule has 1 heterocycles. The fourth-order valence-corrected chi connectivity index (χ4v) is 3.61. The number of amides is 1. The van der Waals surface area contributed by atoms with E-state index in [0.717, 1.165) is 23.5 Å². The summed E-state index contributed by atoms with van der Waals surface area (Å²) < 4.78 is 5.50. The third kappa shape index (κ3) is 2.68. The minimum absolute atomic E-state index is 0.0196. The summed E-state index contributed by atoms with van der Waals surface area (Å²) in [5.74, 6) is 0.939. The van der Waals surface area contributed by atoms with Gasteiger partial charge in [0.05, 0.1) is 12.0 Å². The zero-order valence-electron chi connectivity index (χ0n) is 12.1. The van der Waals surface area contributed by atoms with Crippen LogP contribution in [0, 0.1) is 0 Å². The van der Waals surface area contributed by atoms with Crippen LogP contribution in [0.4, 0.5) is 0 Å². The van der Waals surface area contributed by atoms with Crippen LogP contribution in [0.25, 0.3) is 0 Å². The number of hydrogen-bond donors (Lipinski definition) is 1. The molecule has 1 aliphatic rings. The first-order valence-corrected chi connectivity index (χ1v) is 8.08. The second kappa shape index (κ2) is 5.90. The molecule has 1 N–H and O–H groups in total. The van der Waals surface area contributed by atoms with Crippen molar-refractivity contribution in [2.45, 2.75) is 24.7 Å². The van der Waals surface area contributed by atoms with Crippen molar-refractivity contribution in [1.82, 2.24) is 5.32 Å². The number of hydrogen-bond acceptors (Lipinski definition) is 3. The Bertz CT molecular complexity index is 617. The van der Waals surface area contributed by atoms with Gasteiger partial charge >= 0.3 is 0 Å². The van der Waals surface area contributed by atoms with Crippen LogP contribution in [-0.2, 0) is 5.41 Å². The second-order valence-electron chi connectivity index (χ2n) is 5.49. The Hall–Kier alpha value is -1.81. The molecule has 1 amide bonds. The molecule has 0 saturated heterocycles. The van der Waals surface area contributed by atoms with Gasteiger partial charge in [-0.1, -0.05) is 30.7 Å². The van der Waals surface area contributed by atoms with Crippen LogP contribution in [0.2, 0.25) is 0 Å². The Balaban J connectivity index is 1.76. The lowest BCUT2D eigenvalue weighted by molar-refractivity contribution is 0.0931. The SMILES string of the molecule is COc1ccccc1C1(CNC(=O)c2cccs2)CCC1. The summed E-state index contributed by atoms with van der Waals surface area (Å²) in [4.78, 5) is 12.9. The van der Waals surface area contributed by atoms with Gasteiger partial charge in [-0.25, -0.2) is 0 Å². The molecule has 0 unspecified atom stereocenters. The predicted molar refractivity (Wildman–Crippen MR) is 85.2 cm³/mol. The van der Waals surface area contributed by atoms with Gasteiger partial charge in [-0.05, 0) is 30.4 Å². The standard InChI is InChI=1S/C17H19NO2S/c1-20-14-7-3-2-6-13(14)17(9-5-10-17)12-18-16(19)15-8-4-11-21-15/h2-4,6-8,11H,5,9-10,12H2,1H3,(H,18,19). The van der Waals surface area contributed by atoms with E-state index in [1.54, 1.807) is 7.11 Å². The summed E-state index contributed by atoms with van der Waals surface area (Å²) in [5.41, 5.74) is 1.24. The van der Waals surface area contributed by atoms with Gasteiger partial charge in [0.2, 0.25) is 0 Å². The number of carbonyl (C=O) groups is 1. The number of ether oxygens (including phenoxy) is 1. The van der Waals surface area contributed by atoms with E-state index >= 15 is 0 Å². The number of para-hydroxylation sites is 1. The fourth-order valence-electron chi connectivity index (χ4n) is 2.97. The molecule has 3 rings (SSSR count). The highest BCUT2D eigenvalue weighted by atomic mass is 32.1. The van der Waals surface area contributed by atoms with Crippen LogP contribution in [0.15, 0.2) is 41.8 Å². The zero-order chi connectivity index (χ0) is 14.7. The van der Waals surface area contributed by atoms with Crippen LogP contribution in [0.5, 0.6) is 5.75 Å². The van der Waals surface area contributed by atoms with Gasteiger partial charge in [0.15, 0.2) is 0 Å². The summed E-state index contributed by atoms with van der Waals surface area (Å²) in [7, 11) is 1.70. The Morgan fingerprint density at radius 2 is 2.10 bits per heavy atom. The van der Waals surface area contributed by atoms with Crippen molar-refractivity contribution >= 4 is 17.2 Å². The molecule has 0 radical (unpaired) electrons. The number of methoxy groups -OCH3 is 1. The van der Waals surface area contributed by atoms with Crippen molar-refractivity contribution in [3.8, 4) is 5.75 Å². The summed E-state index contributed by atoms with van der Waals surface area (Å²) in [6, 6.07) is 11.9. The Kier molecular flexibility index (Phi) is 3.97. The van der Waals surface area contributed by atoms with Crippen molar-refractivity contribution in [2.24, 2.45) is 0 Å². The van der Waals surface area contributed by atoms with Crippen LogP contribution < -0.4 is 10.1 Å². The molecule has 1 aromatic carbocycles. The maximum atomic E-state index is 12.1. The lowest BCUT2D eigenvalue weighted by Gasteiger charge is -2.43. The van der Waals surface area contributed by atoms with Crippen molar-refractivity contribution < 1.29 is 9.53 Å². The molecule has 0 spiro atoms. The number of thiophene rings is 1.